The highest BCUT2D eigenvalue weighted by molar-refractivity contribution is 5.38. The maximum atomic E-state index is 9.55. The van der Waals surface area contributed by atoms with Crippen LogP contribution >= 0.6 is 0 Å². The van der Waals surface area contributed by atoms with Crippen molar-refractivity contribution in [1.29, 1.82) is 0 Å². The van der Waals surface area contributed by atoms with Crippen LogP contribution < -0.4 is 10.6 Å². The van der Waals surface area contributed by atoms with Crippen LogP contribution in [0.1, 0.15) is 25.7 Å². The van der Waals surface area contributed by atoms with Crippen molar-refractivity contribution in [2.24, 2.45) is 0 Å². The third-order valence-electron chi connectivity index (χ3n) is 3.59. The SMILES string of the molecule is CNc1nc(NC2CCC(O)CC2)nc(-n2cccn2)n1. The Morgan fingerprint density at radius 3 is 2.57 bits per heavy atom. The molecule has 0 bridgehead atoms. The van der Waals surface area contributed by atoms with E-state index < -0.39 is 0 Å². The number of nitrogens with one attached hydrogen (secondary N) is 2. The van der Waals surface area contributed by atoms with Gasteiger partial charge in [-0.3, -0.25) is 0 Å². The van der Waals surface area contributed by atoms with Gasteiger partial charge in [0, 0.05) is 25.5 Å². The molecule has 0 spiro atoms. The fourth-order valence-corrected chi connectivity index (χ4v) is 2.43. The molecule has 1 aliphatic carbocycles. The highest BCUT2D eigenvalue weighted by Gasteiger charge is 2.20. The Labute approximate surface area is 122 Å². The van der Waals surface area contributed by atoms with E-state index in [1.54, 1.807) is 24.1 Å². The molecule has 0 aliphatic heterocycles. The van der Waals surface area contributed by atoms with Gasteiger partial charge in [0.25, 0.3) is 5.95 Å². The number of hydrogen-bond acceptors (Lipinski definition) is 7. The van der Waals surface area contributed by atoms with E-state index in [4.69, 9.17) is 0 Å². The average molecular weight is 289 g/mol. The van der Waals surface area contributed by atoms with Crippen LogP contribution in [0, 0.1) is 0 Å². The summed E-state index contributed by atoms with van der Waals surface area (Å²) in [6.45, 7) is 0. The van der Waals surface area contributed by atoms with Gasteiger partial charge in [0.05, 0.1) is 6.10 Å². The summed E-state index contributed by atoms with van der Waals surface area (Å²) in [5.41, 5.74) is 0. The number of hydrogen-bond donors (Lipinski definition) is 3. The van der Waals surface area contributed by atoms with Crippen LogP contribution in [0.2, 0.25) is 0 Å². The third-order valence-corrected chi connectivity index (χ3v) is 3.59. The topological polar surface area (TPSA) is 101 Å². The second-order valence-corrected chi connectivity index (χ2v) is 5.13. The van der Waals surface area contributed by atoms with E-state index in [0.29, 0.717) is 17.8 Å². The summed E-state index contributed by atoms with van der Waals surface area (Å²) in [5, 5.41) is 19.9. The lowest BCUT2D eigenvalue weighted by molar-refractivity contribution is 0.126. The molecule has 2 aromatic rings. The van der Waals surface area contributed by atoms with Crippen molar-refractivity contribution >= 4 is 11.9 Å². The summed E-state index contributed by atoms with van der Waals surface area (Å²) in [4.78, 5) is 13.0. The van der Waals surface area contributed by atoms with Crippen molar-refractivity contribution in [2.75, 3.05) is 17.7 Å². The molecule has 8 nitrogen and oxygen atoms in total. The van der Waals surface area contributed by atoms with E-state index in [-0.39, 0.29) is 12.1 Å². The van der Waals surface area contributed by atoms with Crippen LogP contribution in [-0.4, -0.2) is 49.0 Å². The molecule has 0 amide bonds. The minimum Gasteiger partial charge on any atom is -0.393 e. The molecule has 3 rings (SSSR count). The highest BCUT2D eigenvalue weighted by Crippen LogP contribution is 2.21. The van der Waals surface area contributed by atoms with Gasteiger partial charge in [0.1, 0.15) is 0 Å². The molecule has 0 unspecified atom stereocenters. The molecule has 0 radical (unpaired) electrons. The van der Waals surface area contributed by atoms with Crippen LogP contribution in [0.15, 0.2) is 18.5 Å². The quantitative estimate of drug-likeness (QED) is 0.765. The number of aliphatic hydroxyl groups is 1. The normalized spacial score (nSPS) is 22.0. The lowest BCUT2D eigenvalue weighted by Crippen LogP contribution is -2.29. The smallest absolute Gasteiger partial charge is 0.257 e. The van der Waals surface area contributed by atoms with Gasteiger partial charge in [0.15, 0.2) is 0 Å². The summed E-state index contributed by atoms with van der Waals surface area (Å²) in [7, 11) is 1.77. The Morgan fingerprint density at radius 2 is 1.90 bits per heavy atom. The van der Waals surface area contributed by atoms with E-state index in [1.165, 1.54) is 0 Å². The van der Waals surface area contributed by atoms with Crippen molar-refractivity contribution in [3.63, 3.8) is 0 Å². The molecular formula is C13H19N7O. The molecular weight excluding hydrogens is 270 g/mol. The first-order valence-corrected chi connectivity index (χ1v) is 7.13. The minimum atomic E-state index is -0.172. The zero-order chi connectivity index (χ0) is 14.7. The second kappa shape index (κ2) is 6.04. The Hall–Kier alpha value is -2.22. The van der Waals surface area contributed by atoms with Crippen LogP contribution in [0.5, 0.6) is 0 Å². The van der Waals surface area contributed by atoms with Gasteiger partial charge in [-0.05, 0) is 31.7 Å². The van der Waals surface area contributed by atoms with Crippen molar-refractivity contribution in [3.05, 3.63) is 18.5 Å². The Balaban J connectivity index is 1.79. The zero-order valence-electron chi connectivity index (χ0n) is 11.9. The van der Waals surface area contributed by atoms with Crippen molar-refractivity contribution in [1.82, 2.24) is 24.7 Å². The molecule has 0 saturated heterocycles. The summed E-state index contributed by atoms with van der Waals surface area (Å²) in [6, 6.07) is 2.10. The highest BCUT2D eigenvalue weighted by atomic mass is 16.3. The van der Waals surface area contributed by atoms with E-state index in [1.807, 2.05) is 6.07 Å². The first-order valence-electron chi connectivity index (χ1n) is 7.13. The fraction of sp³-hybridized carbons (Fsp3) is 0.538. The van der Waals surface area contributed by atoms with Gasteiger partial charge in [-0.1, -0.05) is 0 Å². The fourth-order valence-electron chi connectivity index (χ4n) is 2.43. The molecule has 2 heterocycles. The van der Waals surface area contributed by atoms with E-state index in [2.05, 4.69) is 30.7 Å². The maximum Gasteiger partial charge on any atom is 0.257 e. The minimum absolute atomic E-state index is 0.172. The summed E-state index contributed by atoms with van der Waals surface area (Å²) in [6.07, 6.45) is 6.75. The monoisotopic (exact) mass is 289 g/mol. The van der Waals surface area contributed by atoms with Crippen molar-refractivity contribution in [2.45, 2.75) is 37.8 Å². The molecule has 0 aromatic carbocycles. The van der Waals surface area contributed by atoms with Gasteiger partial charge >= 0.3 is 0 Å². The van der Waals surface area contributed by atoms with Crippen molar-refractivity contribution < 1.29 is 5.11 Å². The van der Waals surface area contributed by atoms with Gasteiger partial charge in [-0.25, -0.2) is 4.68 Å². The Kier molecular flexibility index (Phi) is 3.96. The second-order valence-electron chi connectivity index (χ2n) is 5.13. The molecule has 1 fully saturated rings. The summed E-state index contributed by atoms with van der Waals surface area (Å²) < 4.78 is 1.60. The summed E-state index contributed by atoms with van der Waals surface area (Å²) >= 11 is 0. The largest absolute Gasteiger partial charge is 0.393 e. The first kappa shape index (κ1) is 13.7. The summed E-state index contributed by atoms with van der Waals surface area (Å²) in [5.74, 6) is 1.49. The number of aromatic nitrogens is 5. The van der Waals surface area contributed by atoms with Crippen LogP contribution in [0.3, 0.4) is 0 Å². The molecule has 21 heavy (non-hydrogen) atoms. The lowest BCUT2D eigenvalue weighted by atomic mass is 9.93. The van der Waals surface area contributed by atoms with E-state index in [0.717, 1.165) is 25.7 Å². The molecule has 3 N–H and O–H groups in total. The molecule has 1 aliphatic rings. The van der Waals surface area contributed by atoms with E-state index >= 15 is 0 Å². The zero-order valence-corrected chi connectivity index (χ0v) is 11.9. The number of anilines is 2. The molecule has 112 valence electrons. The number of aliphatic hydroxyl groups excluding tert-OH is 1. The molecule has 1 saturated carbocycles. The van der Waals surface area contributed by atoms with Gasteiger partial charge in [-0.15, -0.1) is 0 Å². The third kappa shape index (κ3) is 3.27. The first-order chi connectivity index (χ1) is 10.2. The van der Waals surface area contributed by atoms with Gasteiger partial charge in [0.2, 0.25) is 11.9 Å². The van der Waals surface area contributed by atoms with Crippen LogP contribution in [-0.2, 0) is 0 Å². The molecule has 8 heteroatoms. The maximum absolute atomic E-state index is 9.55. The predicted molar refractivity (Wildman–Crippen MR) is 78.4 cm³/mol. The van der Waals surface area contributed by atoms with E-state index in [9.17, 15) is 5.11 Å². The van der Waals surface area contributed by atoms with Gasteiger partial charge in [-0.2, -0.15) is 20.1 Å². The Morgan fingerprint density at radius 1 is 1.14 bits per heavy atom. The molecule has 2 aromatic heterocycles. The standard InChI is InChI=1S/C13H19N7O/c1-14-11-17-12(16-9-3-5-10(21)6-4-9)19-13(18-11)20-8-2-7-15-20/h2,7-10,21H,3-6H2,1H3,(H2,14,16,17,18,19). The Bertz CT molecular complexity index is 578. The van der Waals surface area contributed by atoms with Crippen molar-refractivity contribution in [3.8, 4) is 5.95 Å². The number of nitrogens with zero attached hydrogens (tertiary/aromatic N) is 5. The predicted octanol–water partition coefficient (Wildman–Crippen LogP) is 0.814. The number of rotatable bonds is 4. The van der Waals surface area contributed by atoms with Crippen LogP contribution in [0.4, 0.5) is 11.9 Å². The lowest BCUT2D eigenvalue weighted by Gasteiger charge is -2.26. The molecule has 0 atom stereocenters. The van der Waals surface area contributed by atoms with Gasteiger partial charge < -0.3 is 15.7 Å². The average Bonchev–Trinajstić information content (AvgIpc) is 3.04. The van der Waals surface area contributed by atoms with Crippen LogP contribution in [0.25, 0.3) is 5.95 Å².